The molecule has 2 N–H and O–H groups in total. The predicted octanol–water partition coefficient (Wildman–Crippen LogP) is 2.32. The van der Waals surface area contributed by atoms with Gasteiger partial charge >= 0.3 is 0 Å². The Bertz CT molecular complexity index is 426. The summed E-state index contributed by atoms with van der Waals surface area (Å²) in [7, 11) is 0. The van der Waals surface area contributed by atoms with Crippen LogP contribution in [0.3, 0.4) is 0 Å². The number of rotatable bonds is 8. The molecule has 3 nitrogen and oxygen atoms in total. The van der Waals surface area contributed by atoms with Gasteiger partial charge in [-0.1, -0.05) is 31.3 Å². The summed E-state index contributed by atoms with van der Waals surface area (Å²) >= 11 is 4.83. The fraction of sp³-hybridized carbons (Fsp3) is 0.500. The standard InChI is InChI=1S/C14H21FN2OS/c1-3-17(7-8-18-4-2)10-12-6-5-11(14(16)19)9-13(12)15/h5-6,9H,3-4,7-8,10H2,1-2H3,(H2,16,19). The van der Waals surface area contributed by atoms with Gasteiger partial charge < -0.3 is 10.5 Å². The number of benzene rings is 1. The fourth-order valence-electron chi connectivity index (χ4n) is 1.76. The highest BCUT2D eigenvalue weighted by atomic mass is 32.1. The van der Waals surface area contributed by atoms with Crippen LogP contribution in [0.5, 0.6) is 0 Å². The first-order chi connectivity index (χ1) is 9.08. The molecule has 0 spiro atoms. The van der Waals surface area contributed by atoms with Crippen molar-refractivity contribution in [2.75, 3.05) is 26.3 Å². The Hall–Kier alpha value is -1.04. The molecule has 0 aliphatic heterocycles. The summed E-state index contributed by atoms with van der Waals surface area (Å²) in [5.41, 5.74) is 6.69. The highest BCUT2D eigenvalue weighted by molar-refractivity contribution is 7.80. The number of thiocarbonyl (C=S) groups is 1. The summed E-state index contributed by atoms with van der Waals surface area (Å²) in [6, 6.07) is 4.90. The quantitative estimate of drug-likeness (QED) is 0.587. The molecule has 0 saturated heterocycles. The Kier molecular flexibility index (Phi) is 6.91. The minimum absolute atomic E-state index is 0.217. The normalized spacial score (nSPS) is 10.9. The van der Waals surface area contributed by atoms with Gasteiger partial charge in [0.15, 0.2) is 0 Å². The molecule has 19 heavy (non-hydrogen) atoms. The van der Waals surface area contributed by atoms with Gasteiger partial charge in [0.25, 0.3) is 0 Å². The van der Waals surface area contributed by atoms with Gasteiger partial charge in [0, 0.05) is 30.8 Å². The van der Waals surface area contributed by atoms with E-state index in [1.54, 1.807) is 12.1 Å². The summed E-state index contributed by atoms with van der Waals surface area (Å²) in [4.78, 5) is 2.35. The monoisotopic (exact) mass is 284 g/mol. The lowest BCUT2D eigenvalue weighted by atomic mass is 10.1. The van der Waals surface area contributed by atoms with E-state index in [-0.39, 0.29) is 10.8 Å². The molecule has 0 atom stereocenters. The third-order valence-corrected chi connectivity index (χ3v) is 3.17. The Labute approximate surface area is 119 Å². The molecule has 0 heterocycles. The lowest BCUT2D eigenvalue weighted by molar-refractivity contribution is 0.112. The number of likely N-dealkylation sites (N-methyl/N-ethyl adjacent to an activating group) is 1. The van der Waals surface area contributed by atoms with E-state index in [1.165, 1.54) is 6.07 Å². The zero-order valence-corrected chi connectivity index (χ0v) is 12.3. The molecule has 0 fully saturated rings. The van der Waals surface area contributed by atoms with E-state index >= 15 is 0 Å². The Morgan fingerprint density at radius 2 is 2.16 bits per heavy atom. The Morgan fingerprint density at radius 3 is 2.68 bits per heavy atom. The maximum Gasteiger partial charge on any atom is 0.128 e. The van der Waals surface area contributed by atoms with Gasteiger partial charge in [-0.05, 0) is 19.5 Å². The maximum absolute atomic E-state index is 13.9. The lowest BCUT2D eigenvalue weighted by Gasteiger charge is -2.20. The SMILES string of the molecule is CCOCCN(CC)Cc1ccc(C(N)=S)cc1F. The van der Waals surface area contributed by atoms with Crippen LogP contribution in [0.2, 0.25) is 0 Å². The van der Waals surface area contributed by atoms with Crippen LogP contribution in [-0.4, -0.2) is 36.2 Å². The number of hydrogen-bond acceptors (Lipinski definition) is 3. The van der Waals surface area contributed by atoms with Crippen LogP contribution in [0.25, 0.3) is 0 Å². The predicted molar refractivity (Wildman–Crippen MR) is 79.7 cm³/mol. The van der Waals surface area contributed by atoms with E-state index in [1.807, 2.05) is 13.8 Å². The Balaban J connectivity index is 2.66. The average molecular weight is 284 g/mol. The molecule has 0 amide bonds. The van der Waals surface area contributed by atoms with Crippen LogP contribution >= 0.6 is 12.2 Å². The summed E-state index contributed by atoms with van der Waals surface area (Å²) in [6.45, 7) is 7.58. The zero-order valence-electron chi connectivity index (χ0n) is 11.5. The van der Waals surface area contributed by atoms with Gasteiger partial charge in [0.2, 0.25) is 0 Å². The molecule has 0 aliphatic carbocycles. The summed E-state index contributed by atoms with van der Waals surface area (Å²) in [5, 5.41) is 0. The molecule has 0 unspecified atom stereocenters. The second-order valence-electron chi connectivity index (χ2n) is 4.24. The summed E-state index contributed by atoms with van der Waals surface area (Å²) in [6.07, 6.45) is 0. The van der Waals surface area contributed by atoms with Gasteiger partial charge in [0.1, 0.15) is 10.8 Å². The molecular weight excluding hydrogens is 263 g/mol. The van der Waals surface area contributed by atoms with Crippen molar-refractivity contribution in [3.05, 3.63) is 35.1 Å². The van der Waals surface area contributed by atoms with Crippen LogP contribution in [0.4, 0.5) is 4.39 Å². The third-order valence-electron chi connectivity index (χ3n) is 2.93. The van der Waals surface area contributed by atoms with E-state index in [0.29, 0.717) is 30.9 Å². The second kappa shape index (κ2) is 8.19. The first-order valence-corrected chi connectivity index (χ1v) is 6.87. The van der Waals surface area contributed by atoms with Crippen molar-refractivity contribution < 1.29 is 9.13 Å². The molecule has 0 bridgehead atoms. The van der Waals surface area contributed by atoms with Gasteiger partial charge in [0.05, 0.1) is 6.61 Å². The summed E-state index contributed by atoms with van der Waals surface area (Å²) in [5.74, 6) is -0.264. The fourth-order valence-corrected chi connectivity index (χ4v) is 1.88. The van der Waals surface area contributed by atoms with Gasteiger partial charge in [-0.15, -0.1) is 0 Å². The number of ether oxygens (including phenoxy) is 1. The summed E-state index contributed by atoms with van der Waals surface area (Å²) < 4.78 is 19.2. The minimum Gasteiger partial charge on any atom is -0.389 e. The molecule has 0 radical (unpaired) electrons. The first kappa shape index (κ1) is 16.0. The average Bonchev–Trinajstić information content (AvgIpc) is 2.39. The molecule has 1 aromatic carbocycles. The first-order valence-electron chi connectivity index (χ1n) is 6.46. The van der Waals surface area contributed by atoms with E-state index in [0.717, 1.165) is 13.1 Å². The van der Waals surface area contributed by atoms with Crippen LogP contribution in [0.15, 0.2) is 18.2 Å². The minimum atomic E-state index is -0.264. The second-order valence-corrected chi connectivity index (χ2v) is 4.68. The van der Waals surface area contributed by atoms with Crippen LogP contribution in [-0.2, 0) is 11.3 Å². The molecule has 1 aromatic rings. The molecule has 0 aliphatic rings. The maximum atomic E-state index is 13.9. The largest absolute Gasteiger partial charge is 0.389 e. The number of nitrogens with zero attached hydrogens (tertiary/aromatic N) is 1. The number of halogens is 1. The van der Waals surface area contributed by atoms with Gasteiger partial charge in [-0.3, -0.25) is 4.90 Å². The van der Waals surface area contributed by atoms with E-state index in [2.05, 4.69) is 4.90 Å². The van der Waals surface area contributed by atoms with Gasteiger partial charge in [-0.2, -0.15) is 0 Å². The number of hydrogen-bond donors (Lipinski definition) is 1. The number of nitrogens with two attached hydrogens (primary N) is 1. The molecule has 5 heteroatoms. The van der Waals surface area contributed by atoms with Crippen molar-refractivity contribution in [2.45, 2.75) is 20.4 Å². The van der Waals surface area contributed by atoms with Crippen molar-refractivity contribution in [3.63, 3.8) is 0 Å². The van der Waals surface area contributed by atoms with E-state index in [4.69, 9.17) is 22.7 Å². The van der Waals surface area contributed by atoms with E-state index < -0.39 is 0 Å². The Morgan fingerprint density at radius 1 is 1.42 bits per heavy atom. The molecule has 0 aromatic heterocycles. The van der Waals surface area contributed by atoms with Crippen LogP contribution in [0.1, 0.15) is 25.0 Å². The lowest BCUT2D eigenvalue weighted by Crippen LogP contribution is -2.27. The van der Waals surface area contributed by atoms with Crippen molar-refractivity contribution >= 4 is 17.2 Å². The van der Waals surface area contributed by atoms with Crippen LogP contribution in [0, 0.1) is 5.82 Å². The zero-order chi connectivity index (χ0) is 14.3. The van der Waals surface area contributed by atoms with E-state index in [9.17, 15) is 4.39 Å². The van der Waals surface area contributed by atoms with Crippen molar-refractivity contribution in [1.82, 2.24) is 4.90 Å². The molecular formula is C14H21FN2OS. The smallest absolute Gasteiger partial charge is 0.128 e. The molecule has 0 saturated carbocycles. The molecule has 1 rings (SSSR count). The topological polar surface area (TPSA) is 38.5 Å². The highest BCUT2D eigenvalue weighted by Crippen LogP contribution is 2.13. The van der Waals surface area contributed by atoms with Crippen LogP contribution < -0.4 is 5.73 Å². The third kappa shape index (κ3) is 5.22. The van der Waals surface area contributed by atoms with Gasteiger partial charge in [-0.25, -0.2) is 4.39 Å². The van der Waals surface area contributed by atoms with Crippen molar-refractivity contribution in [1.29, 1.82) is 0 Å². The molecule has 106 valence electrons. The van der Waals surface area contributed by atoms with Crippen molar-refractivity contribution in [2.24, 2.45) is 5.73 Å². The highest BCUT2D eigenvalue weighted by Gasteiger charge is 2.09. The van der Waals surface area contributed by atoms with Crippen molar-refractivity contribution in [3.8, 4) is 0 Å².